The van der Waals surface area contributed by atoms with E-state index in [2.05, 4.69) is 13.8 Å². The van der Waals surface area contributed by atoms with Crippen molar-refractivity contribution in [3.8, 4) is 5.75 Å². The van der Waals surface area contributed by atoms with Gasteiger partial charge in [0.25, 0.3) is 0 Å². The summed E-state index contributed by atoms with van der Waals surface area (Å²) in [5.41, 5.74) is 2.45. The summed E-state index contributed by atoms with van der Waals surface area (Å²) in [6.45, 7) is 4.21. The number of methoxy groups -OCH3 is 1. The number of benzene rings is 2. The fourth-order valence-electron chi connectivity index (χ4n) is 2.58. The molecule has 2 rings (SSSR count). The van der Waals surface area contributed by atoms with Gasteiger partial charge in [0.1, 0.15) is 11.6 Å². The van der Waals surface area contributed by atoms with Crippen LogP contribution < -0.4 is 4.74 Å². The van der Waals surface area contributed by atoms with Gasteiger partial charge in [-0.3, -0.25) is 4.79 Å². The first-order valence-corrected chi connectivity index (χ1v) is 7.57. The van der Waals surface area contributed by atoms with Crippen LogP contribution in [0.5, 0.6) is 5.75 Å². The summed E-state index contributed by atoms with van der Waals surface area (Å²) in [4.78, 5) is 11.7. The average Bonchev–Trinajstić information content (AvgIpc) is 2.52. The summed E-state index contributed by atoms with van der Waals surface area (Å²) in [6, 6.07) is 11.8. The highest BCUT2D eigenvalue weighted by molar-refractivity contribution is 5.77. The van der Waals surface area contributed by atoms with Gasteiger partial charge in [-0.15, -0.1) is 0 Å². The Morgan fingerprint density at radius 2 is 1.83 bits per heavy atom. The van der Waals surface area contributed by atoms with Crippen molar-refractivity contribution in [1.29, 1.82) is 0 Å². The lowest BCUT2D eigenvalue weighted by molar-refractivity contribution is -0.138. The van der Waals surface area contributed by atoms with Crippen LogP contribution in [-0.4, -0.2) is 18.2 Å². The average molecular weight is 316 g/mol. The molecule has 0 aliphatic carbocycles. The van der Waals surface area contributed by atoms with E-state index in [0.717, 1.165) is 5.56 Å². The molecule has 0 fully saturated rings. The second-order valence-electron chi connectivity index (χ2n) is 5.88. The molecule has 0 aliphatic rings. The van der Waals surface area contributed by atoms with Gasteiger partial charge in [0.15, 0.2) is 0 Å². The van der Waals surface area contributed by atoms with Crippen LogP contribution in [0.15, 0.2) is 42.5 Å². The van der Waals surface area contributed by atoms with E-state index in [0.29, 0.717) is 17.2 Å². The fraction of sp³-hybridized carbons (Fsp3) is 0.316. The van der Waals surface area contributed by atoms with Crippen molar-refractivity contribution in [3.63, 3.8) is 0 Å². The van der Waals surface area contributed by atoms with Crippen molar-refractivity contribution in [3.05, 3.63) is 65.0 Å². The highest BCUT2D eigenvalue weighted by atomic mass is 19.1. The highest BCUT2D eigenvalue weighted by Gasteiger charge is 2.24. The van der Waals surface area contributed by atoms with Crippen molar-refractivity contribution < 1.29 is 19.0 Å². The maximum absolute atomic E-state index is 13.5. The van der Waals surface area contributed by atoms with E-state index in [1.54, 1.807) is 0 Å². The molecule has 0 aliphatic heterocycles. The molecule has 2 aromatic carbocycles. The van der Waals surface area contributed by atoms with Crippen molar-refractivity contribution in [2.45, 2.75) is 32.1 Å². The predicted octanol–water partition coefficient (Wildman–Crippen LogP) is 4.37. The van der Waals surface area contributed by atoms with Crippen LogP contribution in [0.1, 0.15) is 42.4 Å². The van der Waals surface area contributed by atoms with E-state index in [1.165, 1.54) is 30.9 Å². The summed E-state index contributed by atoms with van der Waals surface area (Å²) < 4.78 is 18.7. The van der Waals surface area contributed by atoms with Crippen LogP contribution in [0.4, 0.5) is 4.39 Å². The molecule has 122 valence electrons. The third-order valence-electron chi connectivity index (χ3n) is 3.95. The Kier molecular flexibility index (Phi) is 5.37. The van der Waals surface area contributed by atoms with E-state index in [1.807, 2.05) is 24.3 Å². The third kappa shape index (κ3) is 4.09. The number of hydrogen-bond acceptors (Lipinski definition) is 2. The van der Waals surface area contributed by atoms with E-state index in [-0.39, 0.29) is 6.42 Å². The van der Waals surface area contributed by atoms with Gasteiger partial charge in [0.05, 0.1) is 13.0 Å². The van der Waals surface area contributed by atoms with Gasteiger partial charge in [-0.1, -0.05) is 38.1 Å². The molecule has 1 unspecified atom stereocenters. The number of halogens is 1. The topological polar surface area (TPSA) is 46.5 Å². The number of rotatable bonds is 6. The molecule has 0 amide bonds. The lowest BCUT2D eigenvalue weighted by atomic mass is 9.90. The Balaban J connectivity index is 2.32. The fourth-order valence-corrected chi connectivity index (χ4v) is 2.58. The minimum absolute atomic E-state index is 0.285. The predicted molar refractivity (Wildman–Crippen MR) is 87.6 cm³/mol. The van der Waals surface area contributed by atoms with Crippen molar-refractivity contribution >= 4 is 5.97 Å². The van der Waals surface area contributed by atoms with Crippen LogP contribution in [0.2, 0.25) is 0 Å². The van der Waals surface area contributed by atoms with Gasteiger partial charge in [-0.25, -0.2) is 4.39 Å². The van der Waals surface area contributed by atoms with Crippen molar-refractivity contribution in [2.75, 3.05) is 7.11 Å². The Hall–Kier alpha value is -2.36. The second-order valence-corrected chi connectivity index (χ2v) is 5.88. The Morgan fingerprint density at radius 1 is 1.17 bits per heavy atom. The van der Waals surface area contributed by atoms with Gasteiger partial charge in [-0.05, 0) is 41.7 Å². The molecule has 23 heavy (non-hydrogen) atoms. The maximum atomic E-state index is 13.5. The smallest absolute Gasteiger partial charge is 0.311 e. The molecular weight excluding hydrogens is 295 g/mol. The zero-order valence-corrected chi connectivity index (χ0v) is 13.5. The number of aliphatic carboxylic acids is 1. The Morgan fingerprint density at radius 3 is 2.35 bits per heavy atom. The minimum Gasteiger partial charge on any atom is -0.496 e. The number of carboxylic acid groups (broad SMARTS) is 1. The molecule has 2 aromatic rings. The highest BCUT2D eigenvalue weighted by Crippen LogP contribution is 2.31. The molecule has 0 radical (unpaired) electrons. The van der Waals surface area contributed by atoms with Gasteiger partial charge >= 0.3 is 5.97 Å². The molecule has 0 heterocycles. The van der Waals surface area contributed by atoms with E-state index >= 15 is 0 Å². The van der Waals surface area contributed by atoms with Crippen molar-refractivity contribution in [1.82, 2.24) is 0 Å². The van der Waals surface area contributed by atoms with E-state index in [4.69, 9.17) is 4.74 Å². The monoisotopic (exact) mass is 316 g/mol. The number of carboxylic acids is 1. The lowest BCUT2D eigenvalue weighted by Crippen LogP contribution is -2.16. The molecule has 1 atom stereocenters. The summed E-state index contributed by atoms with van der Waals surface area (Å²) >= 11 is 0. The molecule has 0 spiro atoms. The minimum atomic E-state index is -0.998. The summed E-state index contributed by atoms with van der Waals surface area (Å²) in [6.07, 6.45) is 0.285. The third-order valence-corrected chi connectivity index (χ3v) is 3.95. The number of carbonyl (C=O) groups is 1. The zero-order valence-electron chi connectivity index (χ0n) is 13.5. The first-order chi connectivity index (χ1) is 10.9. The van der Waals surface area contributed by atoms with Crippen molar-refractivity contribution in [2.24, 2.45) is 0 Å². The molecule has 0 bridgehead atoms. The molecular formula is C19H21FO3. The first-order valence-electron chi connectivity index (χ1n) is 7.57. The van der Waals surface area contributed by atoms with Crippen LogP contribution in [0, 0.1) is 5.82 Å². The quantitative estimate of drug-likeness (QED) is 0.861. The Labute approximate surface area is 135 Å². The summed E-state index contributed by atoms with van der Waals surface area (Å²) in [5, 5.41) is 9.56. The molecule has 0 saturated heterocycles. The molecule has 3 nitrogen and oxygen atoms in total. The zero-order chi connectivity index (χ0) is 17.0. The van der Waals surface area contributed by atoms with Crippen LogP contribution in [-0.2, 0) is 11.2 Å². The van der Waals surface area contributed by atoms with E-state index in [9.17, 15) is 14.3 Å². The summed E-state index contributed by atoms with van der Waals surface area (Å²) in [5.74, 6) is -1.52. The van der Waals surface area contributed by atoms with Crippen LogP contribution in [0.25, 0.3) is 0 Å². The van der Waals surface area contributed by atoms with Gasteiger partial charge in [0.2, 0.25) is 0 Å². The molecule has 4 heteroatoms. The largest absolute Gasteiger partial charge is 0.496 e. The standard InChI is InChI=1S/C19H21FO3/c1-12(2)14-6-4-13(5-7-14)10-17(19(21)22)16-11-15(20)8-9-18(16)23-3/h4-9,11-12,17H,10H2,1-3H3,(H,21,22). The van der Waals surface area contributed by atoms with Crippen LogP contribution in [0.3, 0.4) is 0 Å². The van der Waals surface area contributed by atoms with Gasteiger partial charge < -0.3 is 9.84 Å². The SMILES string of the molecule is COc1ccc(F)cc1C(Cc1ccc(C(C)C)cc1)C(=O)O. The van der Waals surface area contributed by atoms with Crippen LogP contribution >= 0.6 is 0 Å². The van der Waals surface area contributed by atoms with Gasteiger partial charge in [0, 0.05) is 5.56 Å². The summed E-state index contributed by atoms with van der Waals surface area (Å²) in [7, 11) is 1.45. The lowest BCUT2D eigenvalue weighted by Gasteiger charge is -2.17. The number of ether oxygens (including phenoxy) is 1. The molecule has 0 saturated carbocycles. The van der Waals surface area contributed by atoms with Gasteiger partial charge in [-0.2, -0.15) is 0 Å². The second kappa shape index (κ2) is 7.27. The normalized spacial score (nSPS) is 12.2. The Bertz CT molecular complexity index is 678. The number of hydrogen-bond donors (Lipinski definition) is 1. The molecule has 1 N–H and O–H groups in total. The molecule has 0 aromatic heterocycles. The maximum Gasteiger partial charge on any atom is 0.311 e. The van der Waals surface area contributed by atoms with E-state index < -0.39 is 17.7 Å². The first kappa shape index (κ1) is 17.0.